The third-order valence-corrected chi connectivity index (χ3v) is 0. The van der Waals surface area contributed by atoms with E-state index in [0.29, 0.717) is 0 Å². The summed E-state index contributed by atoms with van der Waals surface area (Å²) in [6.45, 7) is 0. The SMILES string of the molecule is [Co].[Fe].[Nb].[Si]. The smallest absolute Gasteiger partial charge is 0 e. The van der Waals surface area contributed by atoms with Crippen LogP contribution in [-0.4, -0.2) is 11.0 Å². The van der Waals surface area contributed by atoms with E-state index in [1.807, 2.05) is 0 Å². The van der Waals surface area contributed by atoms with Crippen LogP contribution in [0.15, 0.2) is 0 Å². The molecule has 0 aromatic rings. The van der Waals surface area contributed by atoms with Gasteiger partial charge in [-0.1, -0.05) is 0 Å². The molecule has 0 aliphatic rings. The van der Waals surface area contributed by atoms with Gasteiger partial charge in [-0.2, -0.15) is 0 Å². The molecule has 0 N–H and O–H groups in total. The van der Waals surface area contributed by atoms with E-state index < -0.39 is 0 Å². The Morgan fingerprint density at radius 3 is 1.00 bits per heavy atom. The summed E-state index contributed by atoms with van der Waals surface area (Å²) in [5.41, 5.74) is 0. The first kappa shape index (κ1) is 37.8. The van der Waals surface area contributed by atoms with E-state index in [1.54, 1.807) is 0 Å². The molecule has 0 aliphatic carbocycles. The third-order valence-electron chi connectivity index (χ3n) is 0. The minimum Gasteiger partial charge on any atom is 0 e. The molecule has 0 nitrogen and oxygen atoms in total. The second-order valence-corrected chi connectivity index (χ2v) is 0. The Hall–Kier alpha value is 1.98. The number of hydrogen-bond acceptors (Lipinski definition) is 0. The van der Waals surface area contributed by atoms with Crippen LogP contribution in [-0.2, 0) is 56.2 Å². The van der Waals surface area contributed by atoms with E-state index in [-0.39, 0.29) is 67.2 Å². The summed E-state index contributed by atoms with van der Waals surface area (Å²) >= 11 is 0. The zero-order valence-electron chi connectivity index (χ0n) is 1.63. The van der Waals surface area contributed by atoms with E-state index in [0.717, 1.165) is 0 Å². The molecule has 0 aromatic carbocycles. The van der Waals surface area contributed by atoms with Crippen LogP contribution in [0.4, 0.5) is 0 Å². The second kappa shape index (κ2) is 20.1. The molecule has 0 rings (SSSR count). The third kappa shape index (κ3) is 9.01. The first-order valence-corrected chi connectivity index (χ1v) is 0. The van der Waals surface area contributed by atoms with Crippen LogP contribution in [0.5, 0.6) is 0 Å². The van der Waals surface area contributed by atoms with Crippen molar-refractivity contribution in [2.24, 2.45) is 0 Å². The van der Waals surface area contributed by atoms with E-state index in [1.165, 1.54) is 0 Å². The predicted molar refractivity (Wildman–Crippen MR) is 5.75 cm³/mol. The van der Waals surface area contributed by atoms with Crippen LogP contribution in [0.1, 0.15) is 0 Å². The Balaban J connectivity index is 0. The molecule has 0 fully saturated rings. The van der Waals surface area contributed by atoms with Crippen LogP contribution in [0, 0.1) is 0 Å². The van der Waals surface area contributed by atoms with Crippen molar-refractivity contribution in [2.75, 3.05) is 0 Å². The normalized spacial score (nSPS) is 0. The van der Waals surface area contributed by atoms with Gasteiger partial charge in [-0.15, -0.1) is 0 Å². The van der Waals surface area contributed by atoms with Crippen molar-refractivity contribution < 1.29 is 56.2 Å². The fourth-order valence-corrected chi connectivity index (χ4v) is 0. The fourth-order valence-electron chi connectivity index (χ4n) is 0. The molecule has 0 bridgehead atoms. The molecule has 0 saturated carbocycles. The number of rotatable bonds is 0. The van der Waals surface area contributed by atoms with Gasteiger partial charge < -0.3 is 0 Å². The standard InChI is InChI=1S/Co.Fe.Nb.Si. The van der Waals surface area contributed by atoms with Crippen molar-refractivity contribution in [3.63, 3.8) is 0 Å². The Morgan fingerprint density at radius 1 is 1.00 bits per heavy atom. The quantitative estimate of drug-likeness (QED) is 0.502. The van der Waals surface area contributed by atoms with E-state index >= 15 is 0 Å². The summed E-state index contributed by atoms with van der Waals surface area (Å²) < 4.78 is 0. The van der Waals surface area contributed by atoms with Crippen LogP contribution in [0.2, 0.25) is 0 Å². The maximum absolute atomic E-state index is 0. The van der Waals surface area contributed by atoms with Gasteiger partial charge in [0.2, 0.25) is 0 Å². The van der Waals surface area contributed by atoms with Crippen LogP contribution < -0.4 is 0 Å². The molecule has 0 heterocycles. The Kier molecular flexibility index (Phi) is 190. The maximum atomic E-state index is 0. The monoisotopic (exact) mass is 236 g/mol. The van der Waals surface area contributed by atoms with Crippen molar-refractivity contribution >= 4 is 11.0 Å². The van der Waals surface area contributed by atoms with Gasteiger partial charge in [-0.25, -0.2) is 0 Å². The van der Waals surface area contributed by atoms with Crippen LogP contribution in [0.25, 0.3) is 0 Å². The van der Waals surface area contributed by atoms with Crippen LogP contribution >= 0.6 is 0 Å². The average Bonchev–Trinajstić information content (AvgIpc) is 0. The summed E-state index contributed by atoms with van der Waals surface area (Å²) in [5, 5.41) is 0. The molecule has 0 aliphatic heterocycles. The van der Waals surface area contributed by atoms with Crippen molar-refractivity contribution in [3.05, 3.63) is 0 Å². The summed E-state index contributed by atoms with van der Waals surface area (Å²) in [7, 11) is 0. The summed E-state index contributed by atoms with van der Waals surface area (Å²) in [5.74, 6) is 0. The topological polar surface area (TPSA) is 0 Å². The summed E-state index contributed by atoms with van der Waals surface area (Å²) in [6.07, 6.45) is 0. The molecule has 26 valence electrons. The molecule has 4 heteroatoms. The molecule has 4 heavy (non-hydrogen) atoms. The van der Waals surface area contributed by atoms with Gasteiger partial charge in [0, 0.05) is 67.2 Å². The van der Waals surface area contributed by atoms with E-state index in [9.17, 15) is 0 Å². The molecule has 0 saturated heterocycles. The summed E-state index contributed by atoms with van der Waals surface area (Å²) in [6, 6.07) is 0. The Morgan fingerprint density at radius 2 is 1.00 bits per heavy atom. The first-order valence-electron chi connectivity index (χ1n) is 0. The first-order chi connectivity index (χ1) is 0. The molecular weight excluding hydrogens is 236 g/mol. The van der Waals surface area contributed by atoms with Crippen molar-refractivity contribution in [2.45, 2.75) is 0 Å². The van der Waals surface area contributed by atoms with Gasteiger partial charge in [-0.3, -0.25) is 0 Å². The van der Waals surface area contributed by atoms with Crippen LogP contribution in [0.3, 0.4) is 0 Å². The van der Waals surface area contributed by atoms with Gasteiger partial charge in [-0.05, 0) is 0 Å². The minimum atomic E-state index is 0. The zero-order valence-corrected chi connectivity index (χ0v) is 6.98. The van der Waals surface area contributed by atoms with E-state index in [4.69, 9.17) is 0 Å². The number of hydrogen-bond donors (Lipinski definition) is 0. The summed E-state index contributed by atoms with van der Waals surface area (Å²) in [4.78, 5) is 0. The molecule has 0 aromatic heterocycles. The van der Waals surface area contributed by atoms with Gasteiger partial charge in [0.15, 0.2) is 0 Å². The van der Waals surface area contributed by atoms with Crippen molar-refractivity contribution in [3.8, 4) is 0 Å². The van der Waals surface area contributed by atoms with Gasteiger partial charge in [0.1, 0.15) is 0 Å². The largest absolute Gasteiger partial charge is 0 e. The predicted octanol–water partition coefficient (Wildman–Crippen LogP) is -0.388. The fraction of sp³-hybridized carbons (Fsp3) is 0. The molecular formula is CoFeNbSi. The van der Waals surface area contributed by atoms with Gasteiger partial charge >= 0.3 is 0 Å². The Labute approximate surface area is 66.7 Å². The second-order valence-electron chi connectivity index (χ2n) is 0. The van der Waals surface area contributed by atoms with E-state index in [2.05, 4.69) is 0 Å². The van der Waals surface area contributed by atoms with Crippen molar-refractivity contribution in [1.29, 1.82) is 0 Å². The molecule has 0 unspecified atom stereocenters. The molecule has 6 radical (unpaired) electrons. The molecule has 0 spiro atoms. The van der Waals surface area contributed by atoms with Crippen molar-refractivity contribution in [1.82, 2.24) is 0 Å². The minimum absolute atomic E-state index is 0. The Bertz CT molecular complexity index is 8.00. The molecule has 0 amide bonds. The molecule has 0 atom stereocenters. The zero-order chi connectivity index (χ0) is 0. The van der Waals surface area contributed by atoms with Gasteiger partial charge in [0.25, 0.3) is 0 Å². The maximum Gasteiger partial charge on any atom is 0 e. The average molecular weight is 236 g/mol. The van der Waals surface area contributed by atoms with Gasteiger partial charge in [0.05, 0.1) is 0 Å².